The topological polar surface area (TPSA) is 43.8 Å². The first-order valence-corrected chi connectivity index (χ1v) is 6.66. The van der Waals surface area contributed by atoms with E-state index in [-0.39, 0.29) is 17.9 Å². The van der Waals surface area contributed by atoms with Crippen LogP contribution >= 0.6 is 0 Å². The molecule has 2 unspecified atom stereocenters. The van der Waals surface area contributed by atoms with Gasteiger partial charge in [-0.1, -0.05) is 19.1 Å². The Balaban J connectivity index is 2.20. The Morgan fingerprint density at radius 2 is 2.00 bits per heavy atom. The zero-order valence-corrected chi connectivity index (χ0v) is 11.4. The van der Waals surface area contributed by atoms with Gasteiger partial charge in [0, 0.05) is 18.8 Å². The summed E-state index contributed by atoms with van der Waals surface area (Å²) < 4.78 is 15.0. The molecule has 1 aromatic heterocycles. The maximum atomic E-state index is 12.9. The van der Waals surface area contributed by atoms with E-state index in [0.29, 0.717) is 0 Å². The SMILES string of the molecule is CCCc1nccn1C(C)C(N)c1ccc(F)cc1. The molecule has 2 N–H and O–H groups in total. The average Bonchev–Trinajstić information content (AvgIpc) is 2.87. The second kappa shape index (κ2) is 5.97. The van der Waals surface area contributed by atoms with Crippen molar-refractivity contribution in [2.24, 2.45) is 5.73 Å². The van der Waals surface area contributed by atoms with Crippen LogP contribution in [0, 0.1) is 5.82 Å². The van der Waals surface area contributed by atoms with Crippen LogP contribution in [0.5, 0.6) is 0 Å². The number of rotatable bonds is 5. The first kappa shape index (κ1) is 13.7. The van der Waals surface area contributed by atoms with Crippen molar-refractivity contribution in [2.75, 3.05) is 0 Å². The van der Waals surface area contributed by atoms with E-state index >= 15 is 0 Å². The summed E-state index contributed by atoms with van der Waals surface area (Å²) in [6, 6.07) is 6.30. The van der Waals surface area contributed by atoms with Crippen LogP contribution in [0.3, 0.4) is 0 Å². The first-order valence-electron chi connectivity index (χ1n) is 6.66. The summed E-state index contributed by atoms with van der Waals surface area (Å²) in [7, 11) is 0. The van der Waals surface area contributed by atoms with E-state index in [4.69, 9.17) is 5.73 Å². The van der Waals surface area contributed by atoms with E-state index in [1.54, 1.807) is 18.3 Å². The number of nitrogens with zero attached hydrogens (tertiary/aromatic N) is 2. The minimum Gasteiger partial charge on any atom is -0.330 e. The number of hydrogen-bond acceptors (Lipinski definition) is 2. The van der Waals surface area contributed by atoms with Gasteiger partial charge in [0.2, 0.25) is 0 Å². The van der Waals surface area contributed by atoms with Crippen molar-refractivity contribution in [3.63, 3.8) is 0 Å². The third-order valence-corrected chi connectivity index (χ3v) is 3.44. The van der Waals surface area contributed by atoms with E-state index in [9.17, 15) is 4.39 Å². The number of halogens is 1. The van der Waals surface area contributed by atoms with E-state index in [2.05, 4.69) is 23.4 Å². The predicted molar refractivity (Wildman–Crippen MR) is 74.3 cm³/mol. The fourth-order valence-corrected chi connectivity index (χ4v) is 2.27. The Bertz CT molecular complexity index is 518. The van der Waals surface area contributed by atoms with Crippen LogP contribution in [0.1, 0.15) is 43.7 Å². The lowest BCUT2D eigenvalue weighted by Crippen LogP contribution is -2.23. The van der Waals surface area contributed by atoms with Gasteiger partial charge in [-0.3, -0.25) is 0 Å². The lowest BCUT2D eigenvalue weighted by Gasteiger charge is -2.23. The average molecular weight is 261 g/mol. The van der Waals surface area contributed by atoms with Gasteiger partial charge in [-0.15, -0.1) is 0 Å². The molecule has 0 aliphatic carbocycles. The molecular weight excluding hydrogens is 241 g/mol. The molecule has 4 heteroatoms. The molecule has 0 saturated carbocycles. The number of aromatic nitrogens is 2. The van der Waals surface area contributed by atoms with Crippen molar-refractivity contribution < 1.29 is 4.39 Å². The van der Waals surface area contributed by atoms with Crippen molar-refractivity contribution in [3.05, 3.63) is 53.9 Å². The van der Waals surface area contributed by atoms with Crippen molar-refractivity contribution in [1.82, 2.24) is 9.55 Å². The Morgan fingerprint density at radius 1 is 1.32 bits per heavy atom. The van der Waals surface area contributed by atoms with Crippen LogP contribution in [0.25, 0.3) is 0 Å². The highest BCUT2D eigenvalue weighted by Gasteiger charge is 2.18. The summed E-state index contributed by atoms with van der Waals surface area (Å²) in [5, 5.41) is 0. The highest BCUT2D eigenvalue weighted by atomic mass is 19.1. The third-order valence-electron chi connectivity index (χ3n) is 3.44. The van der Waals surface area contributed by atoms with Crippen molar-refractivity contribution in [1.29, 1.82) is 0 Å². The van der Waals surface area contributed by atoms with Crippen molar-refractivity contribution in [2.45, 2.75) is 38.8 Å². The molecular formula is C15H20FN3. The molecule has 2 atom stereocenters. The summed E-state index contributed by atoms with van der Waals surface area (Å²) >= 11 is 0. The molecule has 2 rings (SSSR count). The molecule has 0 aliphatic rings. The molecule has 0 aliphatic heterocycles. The van der Waals surface area contributed by atoms with Gasteiger partial charge in [0.25, 0.3) is 0 Å². The molecule has 0 amide bonds. The standard InChI is InChI=1S/C15H20FN3/c1-3-4-14-18-9-10-19(14)11(2)15(17)12-5-7-13(16)8-6-12/h5-11,15H,3-4,17H2,1-2H3. The Morgan fingerprint density at radius 3 is 2.63 bits per heavy atom. The molecule has 0 fully saturated rings. The number of hydrogen-bond donors (Lipinski definition) is 1. The van der Waals surface area contributed by atoms with Gasteiger partial charge in [-0.05, 0) is 31.0 Å². The summed E-state index contributed by atoms with van der Waals surface area (Å²) in [6.07, 6.45) is 5.75. The monoisotopic (exact) mass is 261 g/mol. The largest absolute Gasteiger partial charge is 0.330 e. The number of imidazole rings is 1. The Labute approximate surface area is 113 Å². The van der Waals surface area contributed by atoms with Crippen molar-refractivity contribution >= 4 is 0 Å². The predicted octanol–water partition coefficient (Wildman–Crippen LogP) is 3.24. The fourth-order valence-electron chi connectivity index (χ4n) is 2.27. The quantitative estimate of drug-likeness (QED) is 0.898. The second-order valence-electron chi connectivity index (χ2n) is 4.82. The normalized spacial score (nSPS) is 14.3. The zero-order valence-electron chi connectivity index (χ0n) is 11.4. The van der Waals surface area contributed by atoms with E-state index in [1.807, 2.05) is 6.20 Å². The van der Waals surface area contributed by atoms with Crippen LogP contribution in [-0.4, -0.2) is 9.55 Å². The molecule has 2 aromatic rings. The fraction of sp³-hybridized carbons (Fsp3) is 0.400. The smallest absolute Gasteiger partial charge is 0.123 e. The lowest BCUT2D eigenvalue weighted by molar-refractivity contribution is 0.437. The minimum absolute atomic E-state index is 0.0921. The Hall–Kier alpha value is -1.68. The summed E-state index contributed by atoms with van der Waals surface area (Å²) in [5.74, 6) is 0.811. The minimum atomic E-state index is -0.238. The van der Waals surface area contributed by atoms with Crippen molar-refractivity contribution in [3.8, 4) is 0 Å². The highest BCUT2D eigenvalue weighted by molar-refractivity contribution is 5.21. The molecule has 0 bridgehead atoms. The summed E-state index contributed by atoms with van der Waals surface area (Å²) in [6.45, 7) is 4.19. The van der Waals surface area contributed by atoms with Gasteiger partial charge >= 0.3 is 0 Å². The van der Waals surface area contributed by atoms with Gasteiger partial charge in [0.15, 0.2) is 0 Å². The van der Waals surface area contributed by atoms with E-state index in [0.717, 1.165) is 24.2 Å². The van der Waals surface area contributed by atoms with E-state index < -0.39 is 0 Å². The number of benzene rings is 1. The number of nitrogens with two attached hydrogens (primary N) is 1. The summed E-state index contributed by atoms with van der Waals surface area (Å²) in [5.41, 5.74) is 7.21. The molecule has 1 heterocycles. The third kappa shape index (κ3) is 3.01. The maximum absolute atomic E-state index is 12.9. The van der Waals surface area contributed by atoms with Gasteiger partial charge in [-0.2, -0.15) is 0 Å². The van der Waals surface area contributed by atoms with Crippen LogP contribution in [0.2, 0.25) is 0 Å². The lowest BCUT2D eigenvalue weighted by atomic mass is 10.0. The van der Waals surface area contributed by atoms with Crippen LogP contribution in [0.4, 0.5) is 4.39 Å². The first-order chi connectivity index (χ1) is 9.13. The van der Waals surface area contributed by atoms with Crippen LogP contribution < -0.4 is 5.73 Å². The molecule has 19 heavy (non-hydrogen) atoms. The van der Waals surface area contributed by atoms with Crippen LogP contribution in [0.15, 0.2) is 36.7 Å². The van der Waals surface area contributed by atoms with Gasteiger partial charge in [0.1, 0.15) is 11.6 Å². The molecule has 3 nitrogen and oxygen atoms in total. The Kier molecular flexibility index (Phi) is 4.32. The molecule has 0 saturated heterocycles. The highest BCUT2D eigenvalue weighted by Crippen LogP contribution is 2.25. The molecule has 0 spiro atoms. The van der Waals surface area contributed by atoms with Gasteiger partial charge < -0.3 is 10.3 Å². The second-order valence-corrected chi connectivity index (χ2v) is 4.82. The molecule has 102 valence electrons. The van der Waals surface area contributed by atoms with Gasteiger partial charge in [-0.25, -0.2) is 9.37 Å². The van der Waals surface area contributed by atoms with Gasteiger partial charge in [0.05, 0.1) is 12.1 Å². The number of aryl methyl sites for hydroxylation is 1. The molecule has 0 radical (unpaired) electrons. The van der Waals surface area contributed by atoms with Crippen LogP contribution in [-0.2, 0) is 6.42 Å². The maximum Gasteiger partial charge on any atom is 0.123 e. The zero-order chi connectivity index (χ0) is 13.8. The molecule has 1 aromatic carbocycles. The summed E-state index contributed by atoms with van der Waals surface area (Å²) in [4.78, 5) is 4.36. The van der Waals surface area contributed by atoms with E-state index in [1.165, 1.54) is 12.1 Å².